The lowest BCUT2D eigenvalue weighted by Crippen LogP contribution is -2.09. The molecule has 0 spiro atoms. The van der Waals surface area contributed by atoms with Gasteiger partial charge in [-0.15, -0.1) is 0 Å². The van der Waals surface area contributed by atoms with Crippen LogP contribution in [0.4, 0.5) is 13.2 Å². The fourth-order valence-corrected chi connectivity index (χ4v) is 2.80. The predicted octanol–water partition coefficient (Wildman–Crippen LogP) is 5.98. The maximum atomic E-state index is 13.2. The summed E-state index contributed by atoms with van der Waals surface area (Å²) in [6.45, 7) is 2.08. The Morgan fingerprint density at radius 1 is 0.767 bits per heavy atom. The molecule has 2 aromatic carbocycles. The third-order valence-corrected chi connectivity index (χ3v) is 4.50. The van der Waals surface area contributed by atoms with E-state index in [2.05, 4.69) is 6.92 Å². The molecule has 0 fully saturated rings. The van der Waals surface area contributed by atoms with Crippen LogP contribution >= 0.6 is 0 Å². The molecule has 0 amide bonds. The molecule has 2 rings (SSSR count). The fraction of sp³-hybridized carbons (Fsp3) is 0.391. The van der Waals surface area contributed by atoms with Crippen LogP contribution in [-0.4, -0.2) is 18.5 Å². The number of carbonyl (C=O) groups excluding carboxylic acids is 2. The lowest BCUT2D eigenvalue weighted by molar-refractivity contribution is 0.0465. The number of esters is 2. The average molecular weight is 422 g/mol. The van der Waals surface area contributed by atoms with Crippen molar-refractivity contribution in [3.05, 3.63) is 70.5 Å². The Morgan fingerprint density at radius 3 is 1.83 bits per heavy atom. The minimum Gasteiger partial charge on any atom is -0.462 e. The number of ether oxygens (including phenoxy) is 2. The summed E-state index contributed by atoms with van der Waals surface area (Å²) in [5, 5.41) is 0. The molecule has 2 aromatic rings. The van der Waals surface area contributed by atoms with E-state index in [0.717, 1.165) is 31.4 Å². The second-order valence-electron chi connectivity index (χ2n) is 6.93. The molecule has 0 atom stereocenters. The van der Waals surface area contributed by atoms with Gasteiger partial charge >= 0.3 is 11.9 Å². The minimum absolute atomic E-state index is 0.0188. The zero-order valence-electron chi connectivity index (χ0n) is 16.9. The summed E-state index contributed by atoms with van der Waals surface area (Å²) < 4.78 is 49.5. The van der Waals surface area contributed by atoms with Gasteiger partial charge < -0.3 is 9.47 Å². The summed E-state index contributed by atoms with van der Waals surface area (Å²) in [6.07, 6.45) is 6.53. The van der Waals surface area contributed by atoms with Gasteiger partial charge in [-0.2, -0.15) is 0 Å². The van der Waals surface area contributed by atoms with E-state index in [1.54, 1.807) is 0 Å². The van der Waals surface area contributed by atoms with Gasteiger partial charge in [0.1, 0.15) is 6.61 Å². The molecule has 0 aliphatic heterocycles. The van der Waals surface area contributed by atoms with Crippen LogP contribution in [0.3, 0.4) is 0 Å². The second kappa shape index (κ2) is 12.0. The standard InChI is InChI=1S/C23H25F3O4/c1-2-3-4-5-6-7-12-29-22(27)17-8-10-18(11-9-17)23(28)30-15-16-13-19(24)21(26)20(25)14-16/h8-11,13-14H,2-7,12,15H2,1H3. The van der Waals surface area contributed by atoms with Crippen LogP contribution in [0.2, 0.25) is 0 Å². The molecule has 30 heavy (non-hydrogen) atoms. The molecule has 0 saturated heterocycles. The topological polar surface area (TPSA) is 52.6 Å². The Hall–Kier alpha value is -2.83. The van der Waals surface area contributed by atoms with Gasteiger partial charge in [0.2, 0.25) is 0 Å². The van der Waals surface area contributed by atoms with E-state index < -0.39 is 36.0 Å². The minimum atomic E-state index is -1.58. The molecule has 0 aliphatic rings. The van der Waals surface area contributed by atoms with Gasteiger partial charge in [-0.25, -0.2) is 22.8 Å². The first-order chi connectivity index (χ1) is 14.4. The van der Waals surface area contributed by atoms with Crippen LogP contribution in [0.5, 0.6) is 0 Å². The van der Waals surface area contributed by atoms with E-state index in [1.165, 1.54) is 43.5 Å². The van der Waals surface area contributed by atoms with E-state index in [0.29, 0.717) is 12.2 Å². The highest BCUT2D eigenvalue weighted by Gasteiger charge is 2.14. The molecule has 0 radical (unpaired) electrons. The first-order valence-corrected chi connectivity index (χ1v) is 10.00. The molecule has 0 bridgehead atoms. The number of halogens is 3. The van der Waals surface area contributed by atoms with Crippen molar-refractivity contribution in [3.8, 4) is 0 Å². The SMILES string of the molecule is CCCCCCCCOC(=O)c1ccc(C(=O)OCc2cc(F)c(F)c(F)c2)cc1. The zero-order chi connectivity index (χ0) is 21.9. The number of unbranched alkanes of at least 4 members (excludes halogenated alkanes) is 5. The summed E-state index contributed by atoms with van der Waals surface area (Å²) in [5.41, 5.74) is 0.445. The maximum Gasteiger partial charge on any atom is 0.338 e. The third kappa shape index (κ3) is 7.21. The van der Waals surface area contributed by atoms with Gasteiger partial charge in [0.25, 0.3) is 0 Å². The molecule has 0 heterocycles. The molecular weight excluding hydrogens is 397 g/mol. The van der Waals surface area contributed by atoms with Gasteiger partial charge in [0.15, 0.2) is 17.5 Å². The van der Waals surface area contributed by atoms with E-state index in [1.807, 2.05) is 0 Å². The van der Waals surface area contributed by atoms with Gasteiger partial charge in [-0.1, -0.05) is 39.0 Å². The molecule has 162 valence electrons. The normalized spacial score (nSPS) is 10.7. The largest absolute Gasteiger partial charge is 0.462 e. The molecule has 0 aromatic heterocycles. The van der Waals surface area contributed by atoms with Crippen molar-refractivity contribution in [1.82, 2.24) is 0 Å². The van der Waals surface area contributed by atoms with Crippen LogP contribution in [0, 0.1) is 17.5 Å². The molecule has 0 unspecified atom stereocenters. The van der Waals surface area contributed by atoms with Gasteiger partial charge in [-0.3, -0.25) is 0 Å². The van der Waals surface area contributed by atoms with Crippen molar-refractivity contribution in [3.63, 3.8) is 0 Å². The zero-order valence-corrected chi connectivity index (χ0v) is 16.9. The summed E-state index contributed by atoms with van der Waals surface area (Å²) in [4.78, 5) is 24.1. The highest BCUT2D eigenvalue weighted by atomic mass is 19.2. The summed E-state index contributed by atoms with van der Waals surface area (Å²) >= 11 is 0. The van der Waals surface area contributed by atoms with Crippen molar-refractivity contribution in [1.29, 1.82) is 0 Å². The van der Waals surface area contributed by atoms with Crippen LogP contribution in [0.15, 0.2) is 36.4 Å². The van der Waals surface area contributed by atoms with Crippen molar-refractivity contribution in [2.45, 2.75) is 52.1 Å². The van der Waals surface area contributed by atoms with Crippen molar-refractivity contribution in [2.24, 2.45) is 0 Å². The Kier molecular flexibility index (Phi) is 9.38. The monoisotopic (exact) mass is 422 g/mol. The smallest absolute Gasteiger partial charge is 0.338 e. The summed E-state index contributed by atoms with van der Waals surface area (Å²) in [5.74, 6) is -5.51. The van der Waals surface area contributed by atoms with Crippen LogP contribution in [-0.2, 0) is 16.1 Å². The molecule has 4 nitrogen and oxygen atoms in total. The Balaban J connectivity index is 1.79. The highest BCUT2D eigenvalue weighted by Crippen LogP contribution is 2.15. The molecule has 7 heteroatoms. The molecular formula is C23H25F3O4. The second-order valence-corrected chi connectivity index (χ2v) is 6.93. The Bertz CT molecular complexity index is 827. The van der Waals surface area contributed by atoms with Gasteiger partial charge in [0.05, 0.1) is 17.7 Å². The van der Waals surface area contributed by atoms with Crippen molar-refractivity contribution >= 4 is 11.9 Å². The van der Waals surface area contributed by atoms with E-state index in [9.17, 15) is 22.8 Å². The lowest BCUT2D eigenvalue weighted by Gasteiger charge is -2.07. The van der Waals surface area contributed by atoms with Gasteiger partial charge in [-0.05, 0) is 48.4 Å². The maximum absolute atomic E-state index is 13.2. The molecule has 0 aliphatic carbocycles. The lowest BCUT2D eigenvalue weighted by atomic mass is 10.1. The molecule has 0 N–H and O–H groups in total. The third-order valence-electron chi connectivity index (χ3n) is 4.50. The molecule has 0 saturated carbocycles. The number of benzene rings is 2. The number of carbonyl (C=O) groups is 2. The first kappa shape index (κ1) is 23.4. The van der Waals surface area contributed by atoms with Gasteiger partial charge in [0, 0.05) is 0 Å². The Labute approximate surface area is 174 Å². The van der Waals surface area contributed by atoms with Crippen LogP contribution in [0.1, 0.15) is 71.7 Å². The van der Waals surface area contributed by atoms with E-state index >= 15 is 0 Å². The first-order valence-electron chi connectivity index (χ1n) is 10.00. The predicted molar refractivity (Wildman–Crippen MR) is 106 cm³/mol. The van der Waals surface area contributed by atoms with E-state index in [4.69, 9.17) is 9.47 Å². The highest BCUT2D eigenvalue weighted by molar-refractivity contribution is 5.93. The average Bonchev–Trinajstić information content (AvgIpc) is 2.75. The number of hydrogen-bond acceptors (Lipinski definition) is 4. The van der Waals surface area contributed by atoms with Crippen LogP contribution < -0.4 is 0 Å². The number of rotatable bonds is 11. The van der Waals surface area contributed by atoms with Crippen molar-refractivity contribution < 1.29 is 32.2 Å². The Morgan fingerprint density at radius 2 is 1.27 bits per heavy atom. The summed E-state index contributed by atoms with van der Waals surface area (Å²) in [7, 11) is 0. The fourth-order valence-electron chi connectivity index (χ4n) is 2.80. The van der Waals surface area contributed by atoms with Crippen molar-refractivity contribution in [2.75, 3.05) is 6.61 Å². The quantitative estimate of drug-likeness (QED) is 0.254. The van der Waals surface area contributed by atoms with E-state index in [-0.39, 0.29) is 11.1 Å². The number of hydrogen-bond donors (Lipinski definition) is 0. The summed E-state index contributed by atoms with van der Waals surface area (Å²) in [6, 6.07) is 7.20. The van der Waals surface area contributed by atoms with Crippen LogP contribution in [0.25, 0.3) is 0 Å².